The van der Waals surface area contributed by atoms with Crippen molar-refractivity contribution in [2.75, 3.05) is 11.5 Å². The van der Waals surface area contributed by atoms with E-state index >= 15 is 0 Å². The molecule has 2 aromatic heterocycles. The lowest BCUT2D eigenvalue weighted by Gasteiger charge is -2.12. The highest BCUT2D eigenvalue weighted by atomic mass is 16.4. The summed E-state index contributed by atoms with van der Waals surface area (Å²) in [6.07, 6.45) is 2.26. The Kier molecular flexibility index (Phi) is 3.95. The molecule has 0 bridgehead atoms. The molecule has 3 rings (SSSR count). The summed E-state index contributed by atoms with van der Waals surface area (Å²) >= 11 is 0. The van der Waals surface area contributed by atoms with Crippen LogP contribution in [0.2, 0.25) is 0 Å². The molecule has 0 fully saturated rings. The van der Waals surface area contributed by atoms with E-state index in [-0.39, 0.29) is 23.2 Å². The van der Waals surface area contributed by atoms with E-state index in [9.17, 15) is 4.79 Å². The average molecular weight is 324 g/mol. The molecule has 0 aliphatic carbocycles. The number of carbonyl (C=O) groups is 1. The summed E-state index contributed by atoms with van der Waals surface area (Å²) in [4.78, 5) is 27.5. The number of anilines is 2. The van der Waals surface area contributed by atoms with Crippen LogP contribution in [-0.2, 0) is 6.42 Å². The zero-order chi connectivity index (χ0) is 17.3. The van der Waals surface area contributed by atoms with Gasteiger partial charge in [-0.15, -0.1) is 0 Å². The molecule has 0 unspecified atom stereocenters. The van der Waals surface area contributed by atoms with Crippen molar-refractivity contribution in [3.05, 3.63) is 47.3 Å². The van der Waals surface area contributed by atoms with Gasteiger partial charge in [-0.2, -0.15) is 9.97 Å². The van der Waals surface area contributed by atoms with Gasteiger partial charge in [0.2, 0.25) is 5.95 Å². The fourth-order valence-corrected chi connectivity index (χ4v) is 2.47. The van der Waals surface area contributed by atoms with Crippen LogP contribution in [0.5, 0.6) is 0 Å². The number of fused-ring (bicyclic) bond motifs is 1. The van der Waals surface area contributed by atoms with Gasteiger partial charge in [0.1, 0.15) is 0 Å². The monoisotopic (exact) mass is 324 g/mol. The van der Waals surface area contributed by atoms with Gasteiger partial charge in [-0.05, 0) is 30.0 Å². The van der Waals surface area contributed by atoms with Crippen LogP contribution < -0.4 is 11.5 Å². The minimum atomic E-state index is -0.940. The number of nitrogen functional groups attached to an aromatic ring is 2. The number of nitrogens with zero attached hydrogens (tertiary/aromatic N) is 4. The summed E-state index contributed by atoms with van der Waals surface area (Å²) in [6, 6.07) is 6.80. The van der Waals surface area contributed by atoms with Crippen LogP contribution in [0.15, 0.2) is 30.5 Å². The molecule has 122 valence electrons. The molecular formula is C16H16N6O2. The summed E-state index contributed by atoms with van der Waals surface area (Å²) in [7, 11) is 0. The lowest BCUT2D eigenvalue weighted by molar-refractivity contribution is 0.0697. The molecule has 0 aliphatic rings. The van der Waals surface area contributed by atoms with Crippen molar-refractivity contribution in [3.63, 3.8) is 0 Å². The van der Waals surface area contributed by atoms with Crippen LogP contribution >= 0.6 is 0 Å². The number of rotatable bonds is 4. The molecular weight excluding hydrogens is 308 g/mol. The van der Waals surface area contributed by atoms with Crippen LogP contribution in [0.3, 0.4) is 0 Å². The zero-order valence-electron chi connectivity index (χ0n) is 13.0. The largest absolute Gasteiger partial charge is 0.478 e. The van der Waals surface area contributed by atoms with Gasteiger partial charge >= 0.3 is 5.97 Å². The van der Waals surface area contributed by atoms with Crippen LogP contribution in [0.25, 0.3) is 11.2 Å². The van der Waals surface area contributed by atoms with Crippen LogP contribution in [0, 0.1) is 0 Å². The van der Waals surface area contributed by atoms with E-state index in [4.69, 9.17) is 16.6 Å². The van der Waals surface area contributed by atoms with Crippen molar-refractivity contribution in [2.45, 2.75) is 19.3 Å². The Labute approximate surface area is 137 Å². The minimum absolute atomic E-state index is 0.0638. The van der Waals surface area contributed by atoms with E-state index in [0.717, 1.165) is 11.3 Å². The third kappa shape index (κ3) is 3.07. The summed E-state index contributed by atoms with van der Waals surface area (Å²) < 4.78 is 0. The number of hydrogen-bond acceptors (Lipinski definition) is 7. The molecule has 1 atom stereocenters. The number of benzene rings is 1. The molecule has 0 amide bonds. The standard InChI is InChI=1S/C16H16N6O2/c1-8(9-2-4-10(5-3-9)15(23)24)6-11-7-19-14-12(20-11)13(17)21-16(18)22-14/h2-5,7-8H,6H2,1H3,(H,23,24)(H4,17,18,19,21,22)/t8-/m0/s1. The third-order valence-electron chi connectivity index (χ3n) is 3.74. The first-order valence-electron chi connectivity index (χ1n) is 7.32. The van der Waals surface area contributed by atoms with Gasteiger partial charge in [-0.3, -0.25) is 0 Å². The van der Waals surface area contributed by atoms with Crippen molar-refractivity contribution in [2.24, 2.45) is 0 Å². The van der Waals surface area contributed by atoms with Crippen molar-refractivity contribution in [3.8, 4) is 0 Å². The topological polar surface area (TPSA) is 141 Å². The molecule has 24 heavy (non-hydrogen) atoms. The van der Waals surface area contributed by atoms with Crippen LogP contribution in [0.4, 0.5) is 11.8 Å². The average Bonchev–Trinajstić information content (AvgIpc) is 2.55. The lowest BCUT2D eigenvalue weighted by Crippen LogP contribution is -2.06. The van der Waals surface area contributed by atoms with Gasteiger partial charge in [0, 0.05) is 0 Å². The quantitative estimate of drug-likeness (QED) is 0.657. The molecule has 5 N–H and O–H groups in total. The van der Waals surface area contributed by atoms with Crippen LogP contribution in [-0.4, -0.2) is 31.0 Å². The normalized spacial score (nSPS) is 12.2. The Morgan fingerprint density at radius 3 is 2.54 bits per heavy atom. The Morgan fingerprint density at radius 2 is 1.88 bits per heavy atom. The highest BCUT2D eigenvalue weighted by Gasteiger charge is 2.12. The molecule has 3 aromatic rings. The fraction of sp³-hybridized carbons (Fsp3) is 0.188. The van der Waals surface area contributed by atoms with Crippen LogP contribution in [0.1, 0.15) is 34.5 Å². The van der Waals surface area contributed by atoms with Gasteiger partial charge in [-0.25, -0.2) is 14.8 Å². The van der Waals surface area contributed by atoms with E-state index < -0.39 is 5.97 Å². The lowest BCUT2D eigenvalue weighted by atomic mass is 9.95. The predicted octanol–water partition coefficient (Wildman–Crippen LogP) is 1.63. The highest BCUT2D eigenvalue weighted by Crippen LogP contribution is 2.22. The SMILES string of the molecule is C[C@@H](Cc1cnc2nc(N)nc(N)c2n1)c1ccc(C(=O)O)cc1. The first-order chi connectivity index (χ1) is 11.4. The Bertz CT molecular complexity index is 910. The van der Waals surface area contributed by atoms with E-state index in [2.05, 4.69) is 19.9 Å². The number of hydrogen-bond donors (Lipinski definition) is 3. The summed E-state index contributed by atoms with van der Waals surface area (Å²) in [6.45, 7) is 2.03. The van der Waals surface area contributed by atoms with E-state index in [0.29, 0.717) is 17.6 Å². The fourth-order valence-electron chi connectivity index (χ4n) is 2.47. The molecule has 0 aliphatic heterocycles. The number of nitrogens with two attached hydrogens (primary N) is 2. The number of carboxylic acid groups (broad SMARTS) is 1. The number of aromatic nitrogens is 4. The van der Waals surface area contributed by atoms with Crippen molar-refractivity contribution in [1.29, 1.82) is 0 Å². The van der Waals surface area contributed by atoms with Crippen molar-refractivity contribution in [1.82, 2.24) is 19.9 Å². The molecule has 0 spiro atoms. The van der Waals surface area contributed by atoms with Gasteiger partial charge < -0.3 is 16.6 Å². The number of carboxylic acids is 1. The molecule has 8 nitrogen and oxygen atoms in total. The molecule has 1 aromatic carbocycles. The predicted molar refractivity (Wildman–Crippen MR) is 89.5 cm³/mol. The van der Waals surface area contributed by atoms with Crippen molar-refractivity contribution < 1.29 is 9.90 Å². The smallest absolute Gasteiger partial charge is 0.335 e. The minimum Gasteiger partial charge on any atom is -0.478 e. The summed E-state index contributed by atoms with van der Waals surface area (Å²) in [5, 5.41) is 8.94. The molecule has 0 saturated heterocycles. The number of aromatic carboxylic acids is 1. The maximum absolute atomic E-state index is 10.9. The van der Waals surface area contributed by atoms with Gasteiger partial charge in [-0.1, -0.05) is 19.1 Å². The first-order valence-corrected chi connectivity index (χ1v) is 7.32. The highest BCUT2D eigenvalue weighted by molar-refractivity contribution is 5.87. The van der Waals surface area contributed by atoms with E-state index in [1.165, 1.54) is 0 Å². The molecule has 0 saturated carbocycles. The Balaban J connectivity index is 1.84. The Morgan fingerprint density at radius 1 is 1.17 bits per heavy atom. The maximum atomic E-state index is 10.9. The maximum Gasteiger partial charge on any atom is 0.335 e. The van der Waals surface area contributed by atoms with E-state index in [1.807, 2.05) is 6.92 Å². The second kappa shape index (κ2) is 6.07. The third-order valence-corrected chi connectivity index (χ3v) is 3.74. The molecule has 2 heterocycles. The Hall–Kier alpha value is -3.29. The zero-order valence-corrected chi connectivity index (χ0v) is 13.0. The van der Waals surface area contributed by atoms with E-state index in [1.54, 1.807) is 30.5 Å². The van der Waals surface area contributed by atoms with Gasteiger partial charge in [0.25, 0.3) is 0 Å². The first kappa shape index (κ1) is 15.6. The molecule has 8 heteroatoms. The van der Waals surface area contributed by atoms with Crippen molar-refractivity contribution >= 4 is 28.9 Å². The molecule has 0 radical (unpaired) electrons. The van der Waals surface area contributed by atoms with Gasteiger partial charge in [0.15, 0.2) is 17.0 Å². The second-order valence-corrected chi connectivity index (χ2v) is 5.53. The second-order valence-electron chi connectivity index (χ2n) is 5.53. The summed E-state index contributed by atoms with van der Waals surface area (Å²) in [5.74, 6) is -0.542. The van der Waals surface area contributed by atoms with Gasteiger partial charge in [0.05, 0.1) is 17.5 Å². The summed E-state index contributed by atoms with van der Waals surface area (Å²) in [5.41, 5.74) is 14.2.